The number of aliphatic hydroxyl groups excluding tert-OH is 1. The fourth-order valence-electron chi connectivity index (χ4n) is 1.84. The maximum absolute atomic E-state index is 10.9. The normalized spacial score (nSPS) is 16.0. The molecular formula is C14H21NO3. The Bertz CT molecular complexity index is 400. The summed E-state index contributed by atoms with van der Waals surface area (Å²) in [4.78, 5) is 10.9. The Morgan fingerprint density at radius 3 is 2.39 bits per heavy atom. The summed E-state index contributed by atoms with van der Waals surface area (Å²) >= 11 is 0. The Hall–Kier alpha value is -1.39. The molecule has 100 valence electrons. The van der Waals surface area contributed by atoms with Gasteiger partial charge in [0.15, 0.2) is 0 Å². The third-order valence-electron chi connectivity index (χ3n) is 3.30. The van der Waals surface area contributed by atoms with Crippen molar-refractivity contribution in [3.05, 3.63) is 35.4 Å². The largest absolute Gasteiger partial charge is 0.389 e. The van der Waals surface area contributed by atoms with E-state index < -0.39 is 11.7 Å². The van der Waals surface area contributed by atoms with E-state index in [9.17, 15) is 9.90 Å². The lowest BCUT2D eigenvalue weighted by molar-refractivity contribution is -0.119. The quantitative estimate of drug-likeness (QED) is 0.810. The molecule has 0 heterocycles. The first-order valence-electron chi connectivity index (χ1n) is 6.01. The minimum absolute atomic E-state index is 0.280. The first kappa shape index (κ1) is 14.7. The molecule has 1 amide bonds. The number of benzene rings is 1. The van der Waals surface area contributed by atoms with Crippen LogP contribution in [0.1, 0.15) is 43.9 Å². The smallest absolute Gasteiger partial charge is 0.217 e. The van der Waals surface area contributed by atoms with Gasteiger partial charge in [-0.15, -0.1) is 0 Å². The summed E-state index contributed by atoms with van der Waals surface area (Å²) in [7, 11) is 1.61. The Kier molecular flexibility index (Phi) is 4.87. The third kappa shape index (κ3) is 3.55. The van der Waals surface area contributed by atoms with Crippen molar-refractivity contribution in [2.45, 2.75) is 38.4 Å². The third-order valence-corrected chi connectivity index (χ3v) is 3.30. The van der Waals surface area contributed by atoms with Crippen LogP contribution in [0.2, 0.25) is 0 Å². The maximum Gasteiger partial charge on any atom is 0.217 e. The predicted molar refractivity (Wildman–Crippen MR) is 69.9 cm³/mol. The fraction of sp³-hybridized carbons (Fsp3) is 0.500. The zero-order valence-electron chi connectivity index (χ0n) is 11.1. The predicted octanol–water partition coefficient (Wildman–Crippen LogP) is 1.87. The van der Waals surface area contributed by atoms with Crippen molar-refractivity contribution < 1.29 is 14.6 Å². The van der Waals surface area contributed by atoms with Crippen molar-refractivity contribution in [3.63, 3.8) is 0 Å². The van der Waals surface area contributed by atoms with Gasteiger partial charge < -0.3 is 15.6 Å². The molecule has 0 saturated heterocycles. The van der Waals surface area contributed by atoms with Gasteiger partial charge >= 0.3 is 0 Å². The highest BCUT2D eigenvalue weighted by Gasteiger charge is 2.26. The summed E-state index contributed by atoms with van der Waals surface area (Å²) in [5.41, 5.74) is 6.46. The molecule has 2 atom stereocenters. The van der Waals surface area contributed by atoms with Crippen molar-refractivity contribution in [3.8, 4) is 0 Å². The summed E-state index contributed by atoms with van der Waals surface area (Å²) in [5, 5.41) is 9.46. The van der Waals surface area contributed by atoms with Gasteiger partial charge in [0.1, 0.15) is 0 Å². The number of hydrogen-bond donors (Lipinski definition) is 2. The maximum atomic E-state index is 10.9. The molecule has 0 aliphatic carbocycles. The zero-order chi connectivity index (χ0) is 13.8. The molecule has 0 aromatic heterocycles. The van der Waals surface area contributed by atoms with Crippen LogP contribution in [-0.2, 0) is 15.1 Å². The van der Waals surface area contributed by atoms with E-state index in [0.29, 0.717) is 6.42 Å². The molecule has 0 radical (unpaired) electrons. The van der Waals surface area contributed by atoms with E-state index in [0.717, 1.165) is 11.1 Å². The van der Waals surface area contributed by atoms with Crippen LogP contribution in [-0.4, -0.2) is 18.1 Å². The van der Waals surface area contributed by atoms with Crippen LogP contribution in [0.15, 0.2) is 24.3 Å². The number of carbonyl (C=O) groups is 1. The van der Waals surface area contributed by atoms with Crippen molar-refractivity contribution >= 4 is 5.91 Å². The SMILES string of the molecule is COC(C)(CCC(N)=O)c1ccc(C(C)O)cc1. The first-order valence-corrected chi connectivity index (χ1v) is 6.01. The summed E-state index contributed by atoms with van der Waals surface area (Å²) in [5.74, 6) is -0.334. The molecule has 1 rings (SSSR count). The van der Waals surface area contributed by atoms with Crippen LogP contribution < -0.4 is 5.73 Å². The monoisotopic (exact) mass is 251 g/mol. The van der Waals surface area contributed by atoms with Crippen LogP contribution >= 0.6 is 0 Å². The number of nitrogens with two attached hydrogens (primary N) is 1. The summed E-state index contributed by atoms with van der Waals surface area (Å²) in [6, 6.07) is 7.54. The molecule has 0 saturated carbocycles. The second-order valence-corrected chi connectivity index (χ2v) is 4.70. The van der Waals surface area contributed by atoms with Crippen LogP contribution in [0.5, 0.6) is 0 Å². The summed E-state index contributed by atoms with van der Waals surface area (Å²) in [6.45, 7) is 3.64. The van der Waals surface area contributed by atoms with E-state index in [1.165, 1.54) is 0 Å². The molecule has 0 bridgehead atoms. The van der Waals surface area contributed by atoms with Crippen molar-refractivity contribution in [1.29, 1.82) is 0 Å². The number of methoxy groups -OCH3 is 1. The zero-order valence-corrected chi connectivity index (χ0v) is 11.1. The Balaban J connectivity index is 2.90. The number of aliphatic hydroxyl groups is 1. The highest BCUT2D eigenvalue weighted by molar-refractivity contribution is 5.73. The molecule has 4 heteroatoms. The van der Waals surface area contributed by atoms with Crippen molar-refractivity contribution in [2.75, 3.05) is 7.11 Å². The van der Waals surface area contributed by atoms with Crippen molar-refractivity contribution in [2.24, 2.45) is 5.73 Å². The van der Waals surface area contributed by atoms with Gasteiger partial charge in [0.2, 0.25) is 5.91 Å². The van der Waals surface area contributed by atoms with Gasteiger partial charge in [-0.3, -0.25) is 4.79 Å². The van der Waals surface area contributed by atoms with Gasteiger partial charge in [0, 0.05) is 13.5 Å². The van der Waals surface area contributed by atoms with Crippen molar-refractivity contribution in [1.82, 2.24) is 0 Å². The average molecular weight is 251 g/mol. The van der Waals surface area contributed by atoms with E-state index in [2.05, 4.69) is 0 Å². The second kappa shape index (κ2) is 5.98. The molecule has 0 aliphatic rings. The number of rotatable bonds is 6. The summed E-state index contributed by atoms with van der Waals surface area (Å²) < 4.78 is 5.50. The van der Waals surface area contributed by atoms with Crippen LogP contribution in [0.4, 0.5) is 0 Å². The lowest BCUT2D eigenvalue weighted by Gasteiger charge is -2.28. The minimum atomic E-state index is -0.535. The second-order valence-electron chi connectivity index (χ2n) is 4.70. The van der Waals surface area contributed by atoms with Gasteiger partial charge in [0.25, 0.3) is 0 Å². The molecule has 0 spiro atoms. The van der Waals surface area contributed by atoms with Crippen LogP contribution in [0, 0.1) is 0 Å². The van der Waals surface area contributed by atoms with Gasteiger partial charge in [-0.1, -0.05) is 24.3 Å². The van der Waals surface area contributed by atoms with Gasteiger partial charge in [-0.25, -0.2) is 0 Å². The van der Waals surface area contributed by atoms with E-state index in [-0.39, 0.29) is 12.3 Å². The molecule has 1 aromatic rings. The highest BCUT2D eigenvalue weighted by atomic mass is 16.5. The number of carbonyl (C=O) groups excluding carboxylic acids is 1. The molecule has 3 N–H and O–H groups in total. The molecule has 2 unspecified atom stereocenters. The topological polar surface area (TPSA) is 72.5 Å². The highest BCUT2D eigenvalue weighted by Crippen LogP contribution is 2.30. The number of hydrogen-bond acceptors (Lipinski definition) is 3. The van der Waals surface area contributed by atoms with Crippen LogP contribution in [0.25, 0.3) is 0 Å². The van der Waals surface area contributed by atoms with Crippen LogP contribution in [0.3, 0.4) is 0 Å². The molecule has 0 aliphatic heterocycles. The lowest BCUT2D eigenvalue weighted by Crippen LogP contribution is -2.27. The Morgan fingerprint density at radius 1 is 1.44 bits per heavy atom. The Morgan fingerprint density at radius 2 is 2.00 bits per heavy atom. The van der Waals surface area contributed by atoms with Gasteiger partial charge in [0.05, 0.1) is 11.7 Å². The number of ether oxygens (including phenoxy) is 1. The lowest BCUT2D eigenvalue weighted by atomic mass is 9.89. The van der Waals surface area contributed by atoms with E-state index >= 15 is 0 Å². The molecule has 18 heavy (non-hydrogen) atoms. The molecule has 0 fully saturated rings. The molecule has 1 aromatic carbocycles. The average Bonchev–Trinajstić information content (AvgIpc) is 2.36. The van der Waals surface area contributed by atoms with E-state index in [4.69, 9.17) is 10.5 Å². The number of amides is 1. The van der Waals surface area contributed by atoms with Gasteiger partial charge in [-0.05, 0) is 31.4 Å². The molecule has 4 nitrogen and oxygen atoms in total. The Labute approximate surface area is 108 Å². The standard InChI is InChI=1S/C14H21NO3/c1-10(16)11-4-6-12(7-5-11)14(2,18-3)9-8-13(15)17/h4-7,10,16H,8-9H2,1-3H3,(H2,15,17). The number of primary amides is 1. The van der Waals surface area contributed by atoms with Gasteiger partial charge in [-0.2, -0.15) is 0 Å². The first-order chi connectivity index (χ1) is 8.39. The van der Waals surface area contributed by atoms with E-state index in [1.54, 1.807) is 14.0 Å². The fourth-order valence-corrected chi connectivity index (χ4v) is 1.84. The molecular weight excluding hydrogens is 230 g/mol. The van der Waals surface area contributed by atoms with E-state index in [1.807, 2.05) is 31.2 Å². The minimum Gasteiger partial charge on any atom is -0.389 e. The summed E-state index contributed by atoms with van der Waals surface area (Å²) in [6.07, 6.45) is 0.327.